The molecule has 0 aliphatic rings. The number of anilines is 1. The van der Waals surface area contributed by atoms with Gasteiger partial charge in [0, 0.05) is 21.3 Å². The fourth-order valence-corrected chi connectivity index (χ4v) is 3.17. The zero-order valence-corrected chi connectivity index (χ0v) is 13.9. The Morgan fingerprint density at radius 3 is 2.72 bits per heavy atom. The first kappa shape index (κ1) is 13.9. The molecule has 0 aliphatic heterocycles. The van der Waals surface area contributed by atoms with Crippen molar-refractivity contribution < 1.29 is 4.79 Å². The fraction of sp³-hybridized carbons (Fsp3) is 0.0833. The van der Waals surface area contributed by atoms with E-state index in [0.717, 1.165) is 13.7 Å². The second-order valence-electron chi connectivity index (χ2n) is 3.73. The average molecular weight is 439 g/mol. The van der Waals surface area contributed by atoms with Crippen molar-refractivity contribution in [2.45, 2.75) is 0 Å². The lowest BCUT2D eigenvalue weighted by molar-refractivity contribution is 0.101. The number of nitrogens with one attached hydrogen (secondary N) is 1. The molecular formula is C12H9BrClIN2O. The summed E-state index contributed by atoms with van der Waals surface area (Å²) >= 11 is 11.5. The van der Waals surface area contributed by atoms with Crippen LogP contribution in [0.1, 0.15) is 10.5 Å². The summed E-state index contributed by atoms with van der Waals surface area (Å²) in [6.45, 7) is 0. The normalized spacial score (nSPS) is 10.4. The van der Waals surface area contributed by atoms with Crippen molar-refractivity contribution in [2.24, 2.45) is 7.05 Å². The van der Waals surface area contributed by atoms with Crippen LogP contribution in [0.25, 0.3) is 0 Å². The molecule has 0 saturated heterocycles. The van der Waals surface area contributed by atoms with Gasteiger partial charge in [-0.2, -0.15) is 0 Å². The number of hydrogen-bond acceptors (Lipinski definition) is 1. The first-order valence-corrected chi connectivity index (χ1v) is 7.30. The van der Waals surface area contributed by atoms with Crippen LogP contribution in [0.2, 0.25) is 5.02 Å². The van der Waals surface area contributed by atoms with Gasteiger partial charge in [-0.3, -0.25) is 4.79 Å². The summed E-state index contributed by atoms with van der Waals surface area (Å²) in [7, 11) is 1.78. The Morgan fingerprint density at radius 1 is 1.44 bits per heavy atom. The largest absolute Gasteiger partial charge is 0.345 e. The van der Waals surface area contributed by atoms with E-state index >= 15 is 0 Å². The molecule has 0 radical (unpaired) electrons. The Hall–Kier alpha value is -0.530. The van der Waals surface area contributed by atoms with Crippen molar-refractivity contribution in [3.05, 3.63) is 49.2 Å². The lowest BCUT2D eigenvalue weighted by Crippen LogP contribution is -2.15. The van der Waals surface area contributed by atoms with Crippen molar-refractivity contribution in [1.29, 1.82) is 0 Å². The number of halogens is 3. The predicted molar refractivity (Wildman–Crippen MR) is 85.2 cm³/mol. The summed E-state index contributed by atoms with van der Waals surface area (Å²) in [5.74, 6) is -0.189. The van der Waals surface area contributed by atoms with Gasteiger partial charge in [0.15, 0.2) is 0 Å². The van der Waals surface area contributed by atoms with Gasteiger partial charge in [0.1, 0.15) is 5.69 Å². The lowest BCUT2D eigenvalue weighted by atomic mass is 10.3. The molecule has 18 heavy (non-hydrogen) atoms. The zero-order chi connectivity index (χ0) is 13.3. The number of carbonyl (C=O) groups is 1. The highest BCUT2D eigenvalue weighted by Crippen LogP contribution is 2.25. The van der Waals surface area contributed by atoms with Gasteiger partial charge in [-0.25, -0.2) is 0 Å². The third-order valence-corrected chi connectivity index (χ3v) is 3.92. The summed E-state index contributed by atoms with van der Waals surface area (Å²) in [6, 6.07) is 7.36. The Bertz CT molecular complexity index is 612. The summed E-state index contributed by atoms with van der Waals surface area (Å²) in [6.07, 6.45) is 1.69. The molecule has 1 N–H and O–H groups in total. The quantitative estimate of drug-likeness (QED) is 0.696. The average Bonchev–Trinajstić information content (AvgIpc) is 2.62. The number of hydrogen-bond donors (Lipinski definition) is 1. The van der Waals surface area contributed by atoms with Crippen LogP contribution >= 0.6 is 50.1 Å². The third-order valence-electron chi connectivity index (χ3n) is 2.38. The minimum absolute atomic E-state index is 0.189. The molecule has 0 bridgehead atoms. The first-order chi connectivity index (χ1) is 8.47. The Morgan fingerprint density at radius 2 is 2.17 bits per heavy atom. The van der Waals surface area contributed by atoms with E-state index in [-0.39, 0.29) is 5.91 Å². The molecule has 0 aliphatic carbocycles. The zero-order valence-electron chi connectivity index (χ0n) is 9.38. The van der Waals surface area contributed by atoms with Gasteiger partial charge in [0.2, 0.25) is 0 Å². The van der Waals surface area contributed by atoms with E-state index in [9.17, 15) is 4.79 Å². The maximum absolute atomic E-state index is 12.1. The fourth-order valence-electron chi connectivity index (χ4n) is 1.53. The molecule has 0 saturated carbocycles. The summed E-state index contributed by atoms with van der Waals surface area (Å²) in [4.78, 5) is 12.1. The minimum Gasteiger partial charge on any atom is -0.345 e. The Labute approximate surface area is 132 Å². The molecule has 1 amide bonds. The third kappa shape index (κ3) is 3.07. The second-order valence-corrected chi connectivity index (χ2v) is 6.27. The van der Waals surface area contributed by atoms with Crippen molar-refractivity contribution in [3.8, 4) is 0 Å². The molecule has 0 unspecified atom stereocenters. The van der Waals surface area contributed by atoms with Crippen LogP contribution < -0.4 is 5.32 Å². The van der Waals surface area contributed by atoms with Gasteiger partial charge < -0.3 is 9.88 Å². The molecule has 1 aromatic carbocycles. The molecule has 3 nitrogen and oxygen atoms in total. The van der Waals surface area contributed by atoms with Crippen LogP contribution in [-0.2, 0) is 7.05 Å². The van der Waals surface area contributed by atoms with E-state index < -0.39 is 0 Å². The maximum Gasteiger partial charge on any atom is 0.272 e. The van der Waals surface area contributed by atoms with Crippen LogP contribution in [-0.4, -0.2) is 10.5 Å². The van der Waals surface area contributed by atoms with Gasteiger partial charge in [0.05, 0.1) is 10.7 Å². The van der Waals surface area contributed by atoms with E-state index in [2.05, 4.69) is 43.8 Å². The van der Waals surface area contributed by atoms with Gasteiger partial charge in [0.25, 0.3) is 5.91 Å². The number of benzene rings is 1. The van der Waals surface area contributed by atoms with Crippen molar-refractivity contribution >= 4 is 61.7 Å². The monoisotopic (exact) mass is 438 g/mol. The smallest absolute Gasteiger partial charge is 0.272 e. The molecule has 94 valence electrons. The van der Waals surface area contributed by atoms with E-state index in [4.69, 9.17) is 11.6 Å². The molecule has 6 heteroatoms. The SMILES string of the molecule is Cn1cc(Cl)cc1C(=O)Nc1ccc(I)cc1Br. The maximum atomic E-state index is 12.1. The highest BCUT2D eigenvalue weighted by Gasteiger charge is 2.12. The topological polar surface area (TPSA) is 34.0 Å². The van der Waals surface area contributed by atoms with Crippen LogP contribution in [0.3, 0.4) is 0 Å². The molecule has 1 heterocycles. The van der Waals surface area contributed by atoms with Crippen LogP contribution in [0.5, 0.6) is 0 Å². The number of rotatable bonds is 2. The molecule has 1 aromatic heterocycles. The Kier molecular flexibility index (Phi) is 4.34. The first-order valence-electron chi connectivity index (χ1n) is 5.05. The molecule has 2 aromatic rings. The van der Waals surface area contributed by atoms with E-state index in [0.29, 0.717) is 10.7 Å². The minimum atomic E-state index is -0.189. The summed E-state index contributed by atoms with van der Waals surface area (Å²) in [5, 5.41) is 3.38. The van der Waals surface area contributed by atoms with Crippen LogP contribution in [0, 0.1) is 3.57 Å². The van der Waals surface area contributed by atoms with Gasteiger partial charge in [-0.1, -0.05) is 11.6 Å². The lowest BCUT2D eigenvalue weighted by Gasteiger charge is -2.08. The second kappa shape index (κ2) is 5.63. The highest BCUT2D eigenvalue weighted by atomic mass is 127. The molecular weight excluding hydrogens is 430 g/mol. The number of carbonyl (C=O) groups excluding carboxylic acids is 1. The van der Waals surface area contributed by atoms with E-state index in [1.807, 2.05) is 18.2 Å². The van der Waals surface area contributed by atoms with Crippen molar-refractivity contribution in [3.63, 3.8) is 0 Å². The molecule has 0 spiro atoms. The van der Waals surface area contributed by atoms with Crippen LogP contribution in [0.15, 0.2) is 34.9 Å². The summed E-state index contributed by atoms with van der Waals surface area (Å²) < 4.78 is 3.64. The van der Waals surface area contributed by atoms with Gasteiger partial charge in [-0.05, 0) is 62.8 Å². The van der Waals surface area contributed by atoms with E-state index in [1.165, 1.54) is 0 Å². The standard InChI is InChI=1S/C12H9BrClIN2O/c1-17-6-7(14)4-11(17)12(18)16-10-3-2-8(15)5-9(10)13/h2-6H,1H3,(H,16,18). The van der Waals surface area contributed by atoms with Crippen molar-refractivity contribution in [1.82, 2.24) is 4.57 Å². The molecule has 0 fully saturated rings. The molecule has 0 atom stereocenters. The number of nitrogens with zero attached hydrogens (tertiary/aromatic N) is 1. The Balaban J connectivity index is 2.24. The van der Waals surface area contributed by atoms with Gasteiger partial charge >= 0.3 is 0 Å². The highest BCUT2D eigenvalue weighted by molar-refractivity contribution is 14.1. The summed E-state index contributed by atoms with van der Waals surface area (Å²) in [5.41, 5.74) is 1.25. The molecule has 2 rings (SSSR count). The van der Waals surface area contributed by atoms with Crippen LogP contribution in [0.4, 0.5) is 5.69 Å². The number of amides is 1. The van der Waals surface area contributed by atoms with Crippen molar-refractivity contribution in [2.75, 3.05) is 5.32 Å². The number of aryl methyl sites for hydroxylation is 1. The predicted octanol–water partition coefficient (Wildman–Crippen LogP) is 4.30. The van der Waals surface area contributed by atoms with Gasteiger partial charge in [-0.15, -0.1) is 0 Å². The number of aromatic nitrogens is 1. The van der Waals surface area contributed by atoms with E-state index in [1.54, 1.807) is 23.9 Å².